The third-order valence-corrected chi connectivity index (χ3v) is 1.63. The van der Waals surface area contributed by atoms with E-state index in [0.717, 1.165) is 0 Å². The molecular formula is C6H10NiO4P+. The molecule has 0 saturated heterocycles. The minimum Gasteiger partial charge on any atom is -0.756 e. The Hall–Kier alpha value is 0.0835. The van der Waals surface area contributed by atoms with E-state index in [2.05, 4.69) is 22.2 Å². The molecule has 72 valence electrons. The van der Waals surface area contributed by atoms with Crippen LogP contribution in [0.4, 0.5) is 0 Å². The summed E-state index contributed by atoms with van der Waals surface area (Å²) in [5.41, 5.74) is 0. The summed E-state index contributed by atoms with van der Waals surface area (Å²) in [5, 5.41) is 0. The van der Waals surface area contributed by atoms with Crippen molar-refractivity contribution < 1.29 is 35.0 Å². The predicted molar refractivity (Wildman–Crippen MR) is 39.9 cm³/mol. The Balaban J connectivity index is 0. The average molecular weight is 236 g/mol. The van der Waals surface area contributed by atoms with Crippen LogP contribution in [0, 0.1) is 0 Å². The third-order valence-electron chi connectivity index (χ3n) is 0.701. The molecule has 0 spiro atoms. The van der Waals surface area contributed by atoms with Gasteiger partial charge >= 0.3 is 16.5 Å². The Morgan fingerprint density at radius 1 is 1.25 bits per heavy atom. The number of hydrogen-bond donors (Lipinski definition) is 0. The van der Waals surface area contributed by atoms with E-state index in [0.29, 0.717) is 0 Å². The van der Waals surface area contributed by atoms with Gasteiger partial charge in [0.05, 0.1) is 13.2 Å². The van der Waals surface area contributed by atoms with Crippen molar-refractivity contribution in [3.63, 3.8) is 0 Å². The average Bonchev–Trinajstić information content (AvgIpc) is 1.97. The van der Waals surface area contributed by atoms with Crippen LogP contribution in [-0.2, 0) is 30.1 Å². The van der Waals surface area contributed by atoms with E-state index in [1.807, 2.05) is 0 Å². The number of phosphoric ester groups is 1. The van der Waals surface area contributed by atoms with Gasteiger partial charge in [-0.1, -0.05) is 12.2 Å². The van der Waals surface area contributed by atoms with Crippen LogP contribution in [0.25, 0.3) is 0 Å². The standard InChI is InChI=1S/C6H11O4P.Ni/c1-3-5-9-11(7,8)10-6-4-2;/h3-4H,1-2,5-6H2,(H,7,8);/q;+2/p-1. The van der Waals surface area contributed by atoms with Crippen molar-refractivity contribution in [1.82, 2.24) is 0 Å². The normalized spacial score (nSPS) is 10.1. The smallest absolute Gasteiger partial charge is 0.756 e. The van der Waals surface area contributed by atoms with Crippen LogP contribution in [0.3, 0.4) is 0 Å². The second-order valence-electron chi connectivity index (χ2n) is 1.62. The summed E-state index contributed by atoms with van der Waals surface area (Å²) >= 11 is 0. The minimum atomic E-state index is -4.12. The maximum Gasteiger partial charge on any atom is 2.00 e. The van der Waals surface area contributed by atoms with Crippen molar-refractivity contribution in [3.05, 3.63) is 25.3 Å². The van der Waals surface area contributed by atoms with Gasteiger partial charge in [-0.2, -0.15) is 0 Å². The molecule has 0 aromatic carbocycles. The van der Waals surface area contributed by atoms with Crippen LogP contribution in [-0.4, -0.2) is 13.2 Å². The topological polar surface area (TPSA) is 58.6 Å². The summed E-state index contributed by atoms with van der Waals surface area (Å²) in [7, 11) is -4.12. The first kappa shape index (κ1) is 14.6. The predicted octanol–water partition coefficient (Wildman–Crippen LogP) is 0.857. The fourth-order valence-corrected chi connectivity index (χ4v) is 0.976. The molecule has 0 radical (unpaired) electrons. The van der Waals surface area contributed by atoms with Crippen molar-refractivity contribution in [1.29, 1.82) is 0 Å². The van der Waals surface area contributed by atoms with E-state index in [1.54, 1.807) is 0 Å². The van der Waals surface area contributed by atoms with E-state index in [-0.39, 0.29) is 29.7 Å². The van der Waals surface area contributed by atoms with Crippen LogP contribution >= 0.6 is 7.82 Å². The zero-order valence-electron chi connectivity index (χ0n) is 6.38. The third kappa shape index (κ3) is 8.18. The Kier molecular flexibility index (Phi) is 9.39. The molecular weight excluding hydrogens is 226 g/mol. The van der Waals surface area contributed by atoms with Gasteiger partial charge < -0.3 is 13.9 Å². The van der Waals surface area contributed by atoms with Crippen LogP contribution in [0.1, 0.15) is 0 Å². The molecule has 0 saturated carbocycles. The first-order valence-electron chi connectivity index (χ1n) is 2.94. The molecule has 0 aromatic rings. The molecule has 0 aromatic heterocycles. The molecule has 0 N–H and O–H groups in total. The zero-order valence-corrected chi connectivity index (χ0v) is 8.26. The summed E-state index contributed by atoms with van der Waals surface area (Å²) < 4.78 is 19.2. The molecule has 0 aliphatic carbocycles. The first-order chi connectivity index (χ1) is 5.12. The Bertz CT molecular complexity index is 166. The second kappa shape index (κ2) is 7.72. The summed E-state index contributed by atoms with van der Waals surface area (Å²) in [5.74, 6) is 0. The summed E-state index contributed by atoms with van der Waals surface area (Å²) in [6, 6.07) is 0. The number of rotatable bonds is 6. The van der Waals surface area contributed by atoms with E-state index >= 15 is 0 Å². The molecule has 0 amide bonds. The largest absolute Gasteiger partial charge is 2.00 e. The summed E-state index contributed by atoms with van der Waals surface area (Å²) in [4.78, 5) is 10.6. The monoisotopic (exact) mass is 235 g/mol. The number of phosphoric acid groups is 1. The quantitative estimate of drug-likeness (QED) is 0.389. The molecule has 0 heterocycles. The fourth-order valence-electron chi connectivity index (χ4n) is 0.325. The molecule has 0 atom stereocenters. The maximum atomic E-state index is 10.6. The molecule has 0 bridgehead atoms. The van der Waals surface area contributed by atoms with Crippen LogP contribution < -0.4 is 4.89 Å². The number of hydrogen-bond acceptors (Lipinski definition) is 4. The Morgan fingerprint density at radius 2 is 1.58 bits per heavy atom. The molecule has 0 rings (SSSR count). The summed E-state index contributed by atoms with van der Waals surface area (Å²) in [6.07, 6.45) is 2.64. The van der Waals surface area contributed by atoms with Gasteiger partial charge in [-0.3, -0.25) is 4.57 Å². The van der Waals surface area contributed by atoms with Crippen molar-refractivity contribution in [2.24, 2.45) is 0 Å². The molecule has 12 heavy (non-hydrogen) atoms. The van der Waals surface area contributed by atoms with Crippen molar-refractivity contribution in [3.8, 4) is 0 Å². The zero-order chi connectivity index (χ0) is 8.74. The maximum absolute atomic E-state index is 10.6. The van der Waals surface area contributed by atoms with Gasteiger partial charge in [-0.15, -0.1) is 13.2 Å². The second-order valence-corrected chi connectivity index (χ2v) is 3.03. The molecule has 0 aliphatic rings. The van der Waals surface area contributed by atoms with E-state index in [9.17, 15) is 9.46 Å². The first-order valence-corrected chi connectivity index (χ1v) is 4.40. The van der Waals surface area contributed by atoms with Gasteiger partial charge in [-0.05, 0) is 0 Å². The van der Waals surface area contributed by atoms with Crippen LogP contribution in [0.2, 0.25) is 0 Å². The van der Waals surface area contributed by atoms with Gasteiger partial charge in [-0.25, -0.2) is 0 Å². The molecule has 0 unspecified atom stereocenters. The molecule has 4 nitrogen and oxygen atoms in total. The molecule has 0 aliphatic heterocycles. The van der Waals surface area contributed by atoms with Crippen molar-refractivity contribution >= 4 is 7.82 Å². The molecule has 6 heteroatoms. The SMILES string of the molecule is C=CCOP(=O)([O-])OCC=C.[Ni+2]. The van der Waals surface area contributed by atoms with Crippen LogP contribution in [0.15, 0.2) is 25.3 Å². The Labute approximate surface area is 81.8 Å². The van der Waals surface area contributed by atoms with Crippen LogP contribution in [0.5, 0.6) is 0 Å². The van der Waals surface area contributed by atoms with E-state index in [4.69, 9.17) is 0 Å². The van der Waals surface area contributed by atoms with Gasteiger partial charge in [0.15, 0.2) is 0 Å². The Morgan fingerprint density at radius 3 is 1.83 bits per heavy atom. The van der Waals surface area contributed by atoms with Gasteiger partial charge in [0.1, 0.15) is 0 Å². The van der Waals surface area contributed by atoms with E-state index < -0.39 is 7.82 Å². The minimum absolute atomic E-state index is 0. The van der Waals surface area contributed by atoms with Crippen molar-refractivity contribution in [2.45, 2.75) is 0 Å². The van der Waals surface area contributed by atoms with Gasteiger partial charge in [0.25, 0.3) is 7.82 Å². The molecule has 0 fully saturated rings. The fraction of sp³-hybridized carbons (Fsp3) is 0.333. The summed E-state index contributed by atoms with van der Waals surface area (Å²) in [6.45, 7) is 6.42. The van der Waals surface area contributed by atoms with Gasteiger partial charge in [0, 0.05) is 0 Å². The van der Waals surface area contributed by atoms with Crippen molar-refractivity contribution in [2.75, 3.05) is 13.2 Å². The van der Waals surface area contributed by atoms with E-state index in [1.165, 1.54) is 12.2 Å². The van der Waals surface area contributed by atoms with Gasteiger partial charge in [0.2, 0.25) is 0 Å².